The van der Waals surface area contributed by atoms with Gasteiger partial charge in [0.05, 0.1) is 0 Å². The lowest BCUT2D eigenvalue weighted by atomic mass is 9.88. The Hall–Kier alpha value is -1.51. The second-order valence-electron chi connectivity index (χ2n) is 5.80. The zero-order valence-electron chi connectivity index (χ0n) is 11.4. The minimum atomic E-state index is -0.202. The SMILES string of the molecule is CC1CCCCC1OC(=O)[C@@H]1Cc2ccccc2N1. The highest BCUT2D eigenvalue weighted by atomic mass is 16.5. The molecule has 1 aliphatic carbocycles. The minimum Gasteiger partial charge on any atom is -0.461 e. The third-order valence-electron chi connectivity index (χ3n) is 4.36. The average Bonchev–Trinajstić information content (AvgIpc) is 2.85. The van der Waals surface area contributed by atoms with Gasteiger partial charge in [-0.2, -0.15) is 0 Å². The Balaban J connectivity index is 1.60. The topological polar surface area (TPSA) is 38.3 Å². The van der Waals surface area contributed by atoms with E-state index in [2.05, 4.69) is 18.3 Å². The molecule has 0 spiro atoms. The van der Waals surface area contributed by atoms with Gasteiger partial charge >= 0.3 is 5.97 Å². The number of ether oxygens (including phenoxy) is 1. The van der Waals surface area contributed by atoms with Crippen molar-refractivity contribution in [1.29, 1.82) is 0 Å². The van der Waals surface area contributed by atoms with Crippen LogP contribution in [0, 0.1) is 5.92 Å². The van der Waals surface area contributed by atoms with Crippen molar-refractivity contribution in [2.45, 2.75) is 51.2 Å². The van der Waals surface area contributed by atoms with E-state index in [1.165, 1.54) is 24.8 Å². The molecule has 3 heteroatoms. The Morgan fingerprint density at radius 1 is 1.26 bits per heavy atom. The van der Waals surface area contributed by atoms with Gasteiger partial charge < -0.3 is 10.1 Å². The molecule has 19 heavy (non-hydrogen) atoms. The van der Waals surface area contributed by atoms with Gasteiger partial charge in [0.15, 0.2) is 0 Å². The van der Waals surface area contributed by atoms with Gasteiger partial charge in [0.1, 0.15) is 12.1 Å². The predicted molar refractivity (Wildman–Crippen MR) is 75.1 cm³/mol. The van der Waals surface area contributed by atoms with Crippen LogP contribution in [0.3, 0.4) is 0 Å². The third-order valence-corrected chi connectivity index (χ3v) is 4.36. The second kappa shape index (κ2) is 5.24. The van der Waals surface area contributed by atoms with E-state index in [4.69, 9.17) is 4.74 Å². The molecule has 1 fully saturated rings. The molecule has 0 saturated heterocycles. The summed E-state index contributed by atoms with van der Waals surface area (Å²) in [4.78, 5) is 12.2. The molecule has 1 saturated carbocycles. The van der Waals surface area contributed by atoms with Crippen LogP contribution in [0.4, 0.5) is 5.69 Å². The lowest BCUT2D eigenvalue weighted by molar-refractivity contribution is -0.154. The quantitative estimate of drug-likeness (QED) is 0.829. The number of carbonyl (C=O) groups excluding carboxylic acids is 1. The van der Waals surface area contributed by atoms with Crippen LogP contribution in [-0.2, 0) is 16.0 Å². The summed E-state index contributed by atoms with van der Waals surface area (Å²) >= 11 is 0. The summed E-state index contributed by atoms with van der Waals surface area (Å²) < 4.78 is 5.72. The molecule has 0 aromatic heterocycles. The van der Waals surface area contributed by atoms with Gasteiger partial charge in [0.2, 0.25) is 0 Å². The first-order valence-electron chi connectivity index (χ1n) is 7.29. The third kappa shape index (κ3) is 2.60. The highest BCUT2D eigenvalue weighted by molar-refractivity contribution is 5.83. The molecule has 1 aromatic rings. The molecule has 102 valence electrons. The van der Waals surface area contributed by atoms with E-state index >= 15 is 0 Å². The number of carbonyl (C=O) groups is 1. The van der Waals surface area contributed by atoms with Crippen molar-refractivity contribution in [2.75, 3.05) is 5.32 Å². The molecule has 1 aliphatic heterocycles. The lowest BCUT2D eigenvalue weighted by Gasteiger charge is -2.29. The molecule has 1 heterocycles. The zero-order valence-corrected chi connectivity index (χ0v) is 11.4. The van der Waals surface area contributed by atoms with Crippen LogP contribution in [-0.4, -0.2) is 18.1 Å². The van der Waals surface area contributed by atoms with Crippen LogP contribution >= 0.6 is 0 Å². The van der Waals surface area contributed by atoms with E-state index in [1.54, 1.807) is 0 Å². The molecule has 2 unspecified atom stereocenters. The molecule has 1 aromatic carbocycles. The largest absolute Gasteiger partial charge is 0.461 e. The van der Waals surface area contributed by atoms with Crippen LogP contribution < -0.4 is 5.32 Å². The summed E-state index contributed by atoms with van der Waals surface area (Å²) in [7, 11) is 0. The number of benzene rings is 1. The van der Waals surface area contributed by atoms with E-state index in [1.807, 2.05) is 18.2 Å². The Labute approximate surface area is 114 Å². The summed E-state index contributed by atoms with van der Waals surface area (Å²) in [6.45, 7) is 2.19. The molecule has 0 bridgehead atoms. The van der Waals surface area contributed by atoms with E-state index in [9.17, 15) is 4.79 Å². The number of esters is 1. The minimum absolute atomic E-state index is 0.0880. The van der Waals surface area contributed by atoms with Crippen molar-refractivity contribution in [3.63, 3.8) is 0 Å². The fourth-order valence-corrected chi connectivity index (χ4v) is 3.13. The van der Waals surface area contributed by atoms with Crippen molar-refractivity contribution in [1.82, 2.24) is 0 Å². The average molecular weight is 259 g/mol. The molecule has 0 radical (unpaired) electrons. The molecule has 1 N–H and O–H groups in total. The summed E-state index contributed by atoms with van der Waals surface area (Å²) in [6, 6.07) is 7.89. The predicted octanol–water partition coefficient (Wildman–Crippen LogP) is 3.15. The number of nitrogens with one attached hydrogen (secondary N) is 1. The van der Waals surface area contributed by atoms with E-state index < -0.39 is 0 Å². The first kappa shape index (κ1) is 12.5. The maximum Gasteiger partial charge on any atom is 0.329 e. The van der Waals surface area contributed by atoms with Crippen LogP contribution in [0.2, 0.25) is 0 Å². The fraction of sp³-hybridized carbons (Fsp3) is 0.562. The Kier molecular flexibility index (Phi) is 3.45. The number of fused-ring (bicyclic) bond motifs is 1. The van der Waals surface area contributed by atoms with Crippen LogP contribution in [0.25, 0.3) is 0 Å². The van der Waals surface area contributed by atoms with Crippen molar-refractivity contribution >= 4 is 11.7 Å². The number of rotatable bonds is 2. The number of hydrogen-bond donors (Lipinski definition) is 1. The van der Waals surface area contributed by atoms with Crippen LogP contribution in [0.1, 0.15) is 38.2 Å². The number of anilines is 1. The van der Waals surface area contributed by atoms with Gasteiger partial charge in [-0.15, -0.1) is 0 Å². The maximum absolute atomic E-state index is 12.2. The zero-order chi connectivity index (χ0) is 13.2. The standard InChI is InChI=1S/C16H21NO2/c1-11-6-2-5-9-15(11)19-16(18)14-10-12-7-3-4-8-13(12)17-14/h3-4,7-8,11,14-15,17H,2,5-6,9-10H2,1H3/t11?,14-,15?/m0/s1. The smallest absolute Gasteiger partial charge is 0.329 e. The van der Waals surface area contributed by atoms with Gasteiger partial charge in [-0.05, 0) is 36.8 Å². The Morgan fingerprint density at radius 3 is 2.84 bits per heavy atom. The van der Waals surface area contributed by atoms with E-state index in [0.717, 1.165) is 18.5 Å². The summed E-state index contributed by atoms with van der Waals surface area (Å²) in [6.07, 6.45) is 5.51. The normalized spacial score (nSPS) is 29.4. The maximum atomic E-state index is 12.2. The molecule has 3 atom stereocenters. The highest BCUT2D eigenvalue weighted by Gasteiger charge is 2.31. The van der Waals surface area contributed by atoms with Crippen LogP contribution in [0.15, 0.2) is 24.3 Å². The lowest BCUT2D eigenvalue weighted by Crippen LogP contribution is -2.36. The van der Waals surface area contributed by atoms with Gasteiger partial charge in [-0.1, -0.05) is 31.5 Å². The summed E-state index contributed by atoms with van der Waals surface area (Å²) in [5.74, 6) is 0.413. The molecule has 3 nitrogen and oxygen atoms in total. The van der Waals surface area contributed by atoms with Crippen LogP contribution in [0.5, 0.6) is 0 Å². The van der Waals surface area contributed by atoms with E-state index in [0.29, 0.717) is 5.92 Å². The highest BCUT2D eigenvalue weighted by Crippen LogP contribution is 2.29. The Morgan fingerprint density at radius 2 is 2.05 bits per heavy atom. The monoisotopic (exact) mass is 259 g/mol. The van der Waals surface area contributed by atoms with Crippen molar-refractivity contribution in [2.24, 2.45) is 5.92 Å². The van der Waals surface area contributed by atoms with Crippen molar-refractivity contribution < 1.29 is 9.53 Å². The summed E-state index contributed by atoms with van der Waals surface area (Å²) in [5, 5.41) is 3.26. The first-order chi connectivity index (χ1) is 9.24. The first-order valence-corrected chi connectivity index (χ1v) is 7.29. The van der Waals surface area contributed by atoms with Crippen molar-refractivity contribution in [3.8, 4) is 0 Å². The second-order valence-corrected chi connectivity index (χ2v) is 5.80. The van der Waals surface area contributed by atoms with Gasteiger partial charge in [-0.3, -0.25) is 0 Å². The molecule has 2 aliphatic rings. The number of hydrogen-bond acceptors (Lipinski definition) is 3. The van der Waals surface area contributed by atoms with E-state index in [-0.39, 0.29) is 18.1 Å². The fourth-order valence-electron chi connectivity index (χ4n) is 3.13. The molecular weight excluding hydrogens is 238 g/mol. The molecule has 0 amide bonds. The van der Waals surface area contributed by atoms with Gasteiger partial charge in [0, 0.05) is 12.1 Å². The van der Waals surface area contributed by atoms with Gasteiger partial charge in [0.25, 0.3) is 0 Å². The Bertz CT molecular complexity index is 447. The molecular formula is C16H21NO2. The molecule has 3 rings (SSSR count). The number of para-hydroxylation sites is 1. The summed E-state index contributed by atoms with van der Waals surface area (Å²) in [5.41, 5.74) is 2.28. The van der Waals surface area contributed by atoms with Gasteiger partial charge in [-0.25, -0.2) is 4.79 Å². The van der Waals surface area contributed by atoms with Crippen molar-refractivity contribution in [3.05, 3.63) is 29.8 Å².